The maximum atomic E-state index is 13.7. The Bertz CT molecular complexity index is 828. The van der Waals surface area contributed by atoms with Gasteiger partial charge in [0.2, 0.25) is 5.91 Å². The van der Waals surface area contributed by atoms with E-state index in [1.54, 1.807) is 6.92 Å². The van der Waals surface area contributed by atoms with Crippen molar-refractivity contribution in [2.24, 2.45) is 0 Å². The number of rotatable bonds is 6. The van der Waals surface area contributed by atoms with Gasteiger partial charge in [-0.3, -0.25) is 9.36 Å². The lowest BCUT2D eigenvalue weighted by Gasteiger charge is -2.14. The molecule has 0 bridgehead atoms. The molecule has 3 rings (SSSR count). The maximum Gasteiger partial charge on any atom is 0.344 e. The number of carbonyl (C=O) groups excluding carboxylic acids is 1. The second-order valence-electron chi connectivity index (χ2n) is 5.90. The molecule has 1 saturated heterocycles. The van der Waals surface area contributed by atoms with Gasteiger partial charge in [-0.2, -0.15) is 0 Å². The summed E-state index contributed by atoms with van der Waals surface area (Å²) in [6.07, 6.45) is 1.72. The number of carbonyl (C=O) groups is 1. The molecule has 1 amide bonds. The Labute approximate surface area is 152 Å². The SMILES string of the molecule is C[C@H](Sc1n[nH]c(=O)n1C[C@@H]1CCCO1)C(=O)Nc1c(F)cccc1F. The molecule has 2 N–H and O–H groups in total. The van der Waals surface area contributed by atoms with Crippen molar-refractivity contribution in [2.75, 3.05) is 11.9 Å². The lowest BCUT2D eigenvalue weighted by Crippen LogP contribution is -2.27. The number of H-pyrrole nitrogens is 1. The number of hydrogen-bond acceptors (Lipinski definition) is 5. The predicted molar refractivity (Wildman–Crippen MR) is 92.1 cm³/mol. The highest BCUT2D eigenvalue weighted by molar-refractivity contribution is 8.00. The molecule has 2 heterocycles. The van der Waals surface area contributed by atoms with Crippen LogP contribution in [0.1, 0.15) is 19.8 Å². The number of nitrogens with zero attached hydrogens (tertiary/aromatic N) is 2. The van der Waals surface area contributed by atoms with E-state index in [1.165, 1.54) is 10.6 Å². The van der Waals surface area contributed by atoms with Crippen LogP contribution in [-0.2, 0) is 16.1 Å². The monoisotopic (exact) mass is 384 g/mol. The number of para-hydroxylation sites is 1. The molecule has 2 aromatic rings. The quantitative estimate of drug-likeness (QED) is 0.745. The number of aromatic nitrogens is 3. The minimum atomic E-state index is -0.856. The molecule has 0 spiro atoms. The Balaban J connectivity index is 1.68. The average Bonchev–Trinajstić information content (AvgIpc) is 3.23. The zero-order chi connectivity index (χ0) is 18.7. The second-order valence-corrected chi connectivity index (χ2v) is 7.21. The molecule has 0 radical (unpaired) electrons. The molecule has 140 valence electrons. The van der Waals surface area contributed by atoms with Gasteiger partial charge in [-0.25, -0.2) is 18.7 Å². The first-order chi connectivity index (χ1) is 12.5. The third-order valence-electron chi connectivity index (χ3n) is 4.00. The lowest BCUT2D eigenvalue weighted by molar-refractivity contribution is -0.115. The summed E-state index contributed by atoms with van der Waals surface area (Å²) in [5.74, 6) is -2.31. The van der Waals surface area contributed by atoms with E-state index in [-0.39, 0.29) is 6.10 Å². The van der Waals surface area contributed by atoms with Gasteiger partial charge in [-0.1, -0.05) is 17.8 Å². The lowest BCUT2D eigenvalue weighted by atomic mass is 10.2. The Kier molecular flexibility index (Phi) is 5.72. The van der Waals surface area contributed by atoms with Crippen LogP contribution < -0.4 is 11.0 Å². The van der Waals surface area contributed by atoms with Gasteiger partial charge in [0.05, 0.1) is 17.9 Å². The van der Waals surface area contributed by atoms with Gasteiger partial charge in [0, 0.05) is 6.61 Å². The van der Waals surface area contributed by atoms with Gasteiger partial charge >= 0.3 is 5.69 Å². The number of halogens is 2. The van der Waals surface area contributed by atoms with Crippen LogP contribution in [0.2, 0.25) is 0 Å². The van der Waals surface area contributed by atoms with E-state index in [0.29, 0.717) is 18.3 Å². The number of nitrogens with one attached hydrogen (secondary N) is 2. The molecule has 7 nitrogen and oxygen atoms in total. The van der Waals surface area contributed by atoms with Crippen LogP contribution in [0.5, 0.6) is 0 Å². The minimum absolute atomic E-state index is 0.0682. The van der Waals surface area contributed by atoms with Crippen LogP contribution in [0.25, 0.3) is 0 Å². The first kappa shape index (κ1) is 18.6. The van der Waals surface area contributed by atoms with Crippen LogP contribution in [0, 0.1) is 11.6 Å². The third-order valence-corrected chi connectivity index (χ3v) is 5.09. The van der Waals surface area contributed by atoms with Crippen molar-refractivity contribution in [3.05, 3.63) is 40.3 Å². The highest BCUT2D eigenvalue weighted by atomic mass is 32.2. The summed E-state index contributed by atoms with van der Waals surface area (Å²) in [6.45, 7) is 2.56. The van der Waals surface area contributed by atoms with Crippen molar-refractivity contribution < 1.29 is 18.3 Å². The van der Waals surface area contributed by atoms with Gasteiger partial charge in [0.25, 0.3) is 0 Å². The van der Waals surface area contributed by atoms with Crippen molar-refractivity contribution in [1.29, 1.82) is 0 Å². The molecule has 1 fully saturated rings. The van der Waals surface area contributed by atoms with E-state index >= 15 is 0 Å². The van der Waals surface area contributed by atoms with E-state index in [2.05, 4.69) is 15.5 Å². The smallest absolute Gasteiger partial charge is 0.344 e. The Morgan fingerprint density at radius 2 is 2.23 bits per heavy atom. The number of anilines is 1. The number of amides is 1. The summed E-state index contributed by atoms with van der Waals surface area (Å²) < 4.78 is 34.2. The van der Waals surface area contributed by atoms with Gasteiger partial charge < -0.3 is 10.1 Å². The highest BCUT2D eigenvalue weighted by Gasteiger charge is 2.24. The highest BCUT2D eigenvalue weighted by Crippen LogP contribution is 2.24. The Morgan fingerprint density at radius 3 is 2.88 bits per heavy atom. The first-order valence-corrected chi connectivity index (χ1v) is 9.02. The molecule has 0 aliphatic carbocycles. The summed E-state index contributed by atoms with van der Waals surface area (Å²) in [4.78, 5) is 24.2. The summed E-state index contributed by atoms with van der Waals surface area (Å²) in [5, 5.41) is 8.11. The van der Waals surface area contributed by atoms with Crippen molar-refractivity contribution in [3.8, 4) is 0 Å². The molecule has 1 aromatic carbocycles. The number of aromatic amines is 1. The first-order valence-electron chi connectivity index (χ1n) is 8.14. The summed E-state index contributed by atoms with van der Waals surface area (Å²) in [6, 6.07) is 3.33. The fraction of sp³-hybridized carbons (Fsp3) is 0.438. The summed E-state index contributed by atoms with van der Waals surface area (Å²) in [5.41, 5.74) is -0.889. The molecule has 10 heteroatoms. The predicted octanol–water partition coefficient (Wildman–Crippen LogP) is 2.15. The molecule has 0 saturated carbocycles. The van der Waals surface area contributed by atoms with Crippen molar-refractivity contribution in [3.63, 3.8) is 0 Å². The van der Waals surface area contributed by atoms with E-state index in [4.69, 9.17) is 4.74 Å². The molecular weight excluding hydrogens is 366 g/mol. The minimum Gasteiger partial charge on any atom is -0.376 e. The molecular formula is C16H18F2N4O3S. The largest absolute Gasteiger partial charge is 0.376 e. The number of ether oxygens (including phenoxy) is 1. The molecule has 2 atom stereocenters. The summed E-state index contributed by atoms with van der Waals surface area (Å²) >= 11 is 1.02. The second kappa shape index (κ2) is 8.00. The van der Waals surface area contributed by atoms with E-state index in [1.807, 2.05) is 0 Å². The molecule has 1 aliphatic rings. The van der Waals surface area contributed by atoms with Crippen LogP contribution >= 0.6 is 11.8 Å². The molecule has 0 unspecified atom stereocenters. The third kappa shape index (κ3) is 4.13. The van der Waals surface area contributed by atoms with Crippen LogP contribution in [0.4, 0.5) is 14.5 Å². The van der Waals surface area contributed by atoms with Crippen LogP contribution in [0.3, 0.4) is 0 Å². The number of thioether (sulfide) groups is 1. The molecule has 1 aromatic heterocycles. The van der Waals surface area contributed by atoms with E-state index in [9.17, 15) is 18.4 Å². The van der Waals surface area contributed by atoms with E-state index in [0.717, 1.165) is 36.7 Å². The zero-order valence-electron chi connectivity index (χ0n) is 14.0. The van der Waals surface area contributed by atoms with E-state index < -0.39 is 34.2 Å². The molecule has 26 heavy (non-hydrogen) atoms. The van der Waals surface area contributed by atoms with Crippen molar-refractivity contribution in [2.45, 2.75) is 42.8 Å². The maximum absolute atomic E-state index is 13.7. The average molecular weight is 384 g/mol. The summed E-state index contributed by atoms with van der Waals surface area (Å²) in [7, 11) is 0. The fourth-order valence-electron chi connectivity index (χ4n) is 2.60. The zero-order valence-corrected chi connectivity index (χ0v) is 14.8. The Hall–Kier alpha value is -2.20. The van der Waals surface area contributed by atoms with Gasteiger partial charge in [-0.15, -0.1) is 5.10 Å². The van der Waals surface area contributed by atoms with Crippen LogP contribution in [-0.4, -0.2) is 38.6 Å². The van der Waals surface area contributed by atoms with Crippen molar-refractivity contribution in [1.82, 2.24) is 14.8 Å². The molecule has 1 aliphatic heterocycles. The topological polar surface area (TPSA) is 89.0 Å². The Morgan fingerprint density at radius 1 is 1.50 bits per heavy atom. The van der Waals surface area contributed by atoms with Crippen molar-refractivity contribution >= 4 is 23.4 Å². The standard InChI is InChI=1S/C16H18F2N4O3S/c1-9(14(23)19-13-11(17)5-2-6-12(13)18)26-16-21-20-15(24)22(16)8-10-4-3-7-25-10/h2,5-6,9-10H,3-4,7-8H2,1H3,(H,19,23)(H,20,24)/t9-,10-/m0/s1. The van der Waals surface area contributed by atoms with Gasteiger partial charge in [0.15, 0.2) is 5.16 Å². The van der Waals surface area contributed by atoms with Gasteiger partial charge in [-0.05, 0) is 31.9 Å². The van der Waals surface area contributed by atoms with Gasteiger partial charge in [0.1, 0.15) is 17.3 Å². The van der Waals surface area contributed by atoms with Crippen LogP contribution in [0.15, 0.2) is 28.2 Å². The number of benzene rings is 1. The normalized spacial score (nSPS) is 18.0. The fourth-order valence-corrected chi connectivity index (χ4v) is 3.47. The number of hydrogen-bond donors (Lipinski definition) is 2.